The highest BCUT2D eigenvalue weighted by molar-refractivity contribution is 4.78. The van der Waals surface area contributed by atoms with Crippen LogP contribution in [0.2, 0.25) is 0 Å². The fourth-order valence-electron chi connectivity index (χ4n) is 1.66. The molecule has 1 rings (SSSR count). The van der Waals surface area contributed by atoms with Gasteiger partial charge in [0.05, 0.1) is 0 Å². The molecule has 0 atom stereocenters. The van der Waals surface area contributed by atoms with Gasteiger partial charge in [-0.05, 0) is 31.1 Å². The summed E-state index contributed by atoms with van der Waals surface area (Å²) in [5, 5.41) is 8.77. The van der Waals surface area contributed by atoms with Gasteiger partial charge in [-0.1, -0.05) is 13.3 Å². The largest absolute Gasteiger partial charge is 0.396 e. The van der Waals surface area contributed by atoms with Crippen molar-refractivity contribution in [3.8, 4) is 0 Å². The van der Waals surface area contributed by atoms with Gasteiger partial charge < -0.3 is 9.84 Å². The number of unbranched alkanes of at least 4 members (excludes halogenated alkanes) is 1. The minimum atomic E-state index is 0.367. The van der Waals surface area contributed by atoms with E-state index in [-0.39, 0.29) is 0 Å². The van der Waals surface area contributed by atoms with Crippen LogP contribution in [-0.4, -0.2) is 24.9 Å². The molecule has 0 heterocycles. The monoisotopic (exact) mass is 172 g/mol. The average Bonchev–Trinajstić information content (AvgIpc) is 2.01. The summed E-state index contributed by atoms with van der Waals surface area (Å²) in [5.41, 5.74) is 0. The molecule has 1 aliphatic carbocycles. The van der Waals surface area contributed by atoms with Crippen molar-refractivity contribution in [3.05, 3.63) is 0 Å². The normalized spacial score (nSPS) is 28.5. The number of aliphatic hydroxyl groups is 1. The van der Waals surface area contributed by atoms with Gasteiger partial charge in [0.1, 0.15) is 0 Å². The first-order valence-electron chi connectivity index (χ1n) is 5.05. The third-order valence-corrected chi connectivity index (χ3v) is 2.59. The lowest BCUT2D eigenvalue weighted by Crippen LogP contribution is -2.29. The molecule has 0 aromatic heterocycles. The predicted octanol–water partition coefficient (Wildman–Crippen LogP) is 1.82. The Morgan fingerprint density at radius 1 is 1.33 bits per heavy atom. The van der Waals surface area contributed by atoms with Crippen molar-refractivity contribution in [3.63, 3.8) is 0 Å². The Hall–Kier alpha value is -0.0800. The first-order chi connectivity index (χ1) is 5.86. The molecule has 1 saturated carbocycles. The van der Waals surface area contributed by atoms with E-state index in [4.69, 9.17) is 9.84 Å². The summed E-state index contributed by atoms with van der Waals surface area (Å²) in [5.74, 6) is 1.31. The molecule has 0 saturated heterocycles. The van der Waals surface area contributed by atoms with Gasteiger partial charge in [0, 0.05) is 19.8 Å². The maximum Gasteiger partial charge on any atom is 0.0494 e. The van der Waals surface area contributed by atoms with Gasteiger partial charge in [-0.15, -0.1) is 0 Å². The maximum atomic E-state index is 8.77. The molecule has 0 aromatic carbocycles. The highest BCUT2D eigenvalue weighted by Gasteiger charge is 2.27. The first-order valence-corrected chi connectivity index (χ1v) is 5.05. The minimum Gasteiger partial charge on any atom is -0.396 e. The van der Waals surface area contributed by atoms with Crippen LogP contribution in [0, 0.1) is 11.8 Å². The van der Waals surface area contributed by atoms with Crippen LogP contribution >= 0.6 is 0 Å². The van der Waals surface area contributed by atoms with E-state index in [9.17, 15) is 0 Å². The second-order valence-electron chi connectivity index (χ2n) is 3.81. The van der Waals surface area contributed by atoms with Crippen molar-refractivity contribution in [2.45, 2.75) is 32.6 Å². The van der Waals surface area contributed by atoms with Gasteiger partial charge in [-0.25, -0.2) is 0 Å². The molecule has 0 unspecified atom stereocenters. The van der Waals surface area contributed by atoms with Crippen molar-refractivity contribution in [1.82, 2.24) is 0 Å². The van der Waals surface area contributed by atoms with E-state index in [0.717, 1.165) is 19.1 Å². The quantitative estimate of drug-likeness (QED) is 0.619. The zero-order valence-corrected chi connectivity index (χ0v) is 7.96. The highest BCUT2D eigenvalue weighted by Crippen LogP contribution is 2.33. The smallest absolute Gasteiger partial charge is 0.0494 e. The van der Waals surface area contributed by atoms with E-state index in [0.29, 0.717) is 12.5 Å². The van der Waals surface area contributed by atoms with Crippen LogP contribution in [0.15, 0.2) is 0 Å². The first kappa shape index (κ1) is 10.0. The van der Waals surface area contributed by atoms with Crippen LogP contribution in [0.5, 0.6) is 0 Å². The fourth-order valence-corrected chi connectivity index (χ4v) is 1.66. The van der Waals surface area contributed by atoms with E-state index in [1.807, 2.05) is 0 Å². The Balaban J connectivity index is 1.83. The van der Waals surface area contributed by atoms with Crippen LogP contribution in [0.3, 0.4) is 0 Å². The molecule has 0 spiro atoms. The maximum absolute atomic E-state index is 8.77. The lowest BCUT2D eigenvalue weighted by Gasteiger charge is -2.33. The van der Waals surface area contributed by atoms with Crippen LogP contribution < -0.4 is 0 Å². The molecular formula is C10H20O2. The van der Waals surface area contributed by atoms with E-state index >= 15 is 0 Å². The molecule has 72 valence electrons. The van der Waals surface area contributed by atoms with Gasteiger partial charge in [-0.3, -0.25) is 0 Å². The molecule has 0 aromatic rings. The topological polar surface area (TPSA) is 29.5 Å². The second-order valence-corrected chi connectivity index (χ2v) is 3.81. The van der Waals surface area contributed by atoms with Crippen LogP contribution in [0.1, 0.15) is 32.6 Å². The SMILES string of the molecule is CCCCOCC1CC(CO)C1. The van der Waals surface area contributed by atoms with Crippen molar-refractivity contribution >= 4 is 0 Å². The molecule has 1 aliphatic rings. The van der Waals surface area contributed by atoms with Crippen LogP contribution in [-0.2, 0) is 4.74 Å². The van der Waals surface area contributed by atoms with Gasteiger partial charge >= 0.3 is 0 Å². The highest BCUT2D eigenvalue weighted by atomic mass is 16.5. The van der Waals surface area contributed by atoms with Crippen LogP contribution in [0.25, 0.3) is 0 Å². The number of hydrogen-bond acceptors (Lipinski definition) is 2. The molecule has 1 N–H and O–H groups in total. The van der Waals surface area contributed by atoms with Gasteiger partial charge in [0.2, 0.25) is 0 Å². The number of ether oxygens (including phenoxy) is 1. The Morgan fingerprint density at radius 3 is 2.67 bits per heavy atom. The summed E-state index contributed by atoms with van der Waals surface area (Å²) >= 11 is 0. The zero-order chi connectivity index (χ0) is 8.81. The average molecular weight is 172 g/mol. The summed E-state index contributed by atoms with van der Waals surface area (Å²) in [6.07, 6.45) is 4.73. The number of aliphatic hydroxyl groups excluding tert-OH is 1. The van der Waals surface area contributed by atoms with Crippen molar-refractivity contribution in [1.29, 1.82) is 0 Å². The standard InChI is InChI=1S/C10H20O2/c1-2-3-4-12-8-10-5-9(6-10)7-11/h9-11H,2-8H2,1H3. The molecule has 0 radical (unpaired) electrons. The number of hydrogen-bond donors (Lipinski definition) is 1. The van der Waals surface area contributed by atoms with E-state index in [1.165, 1.54) is 25.7 Å². The molecule has 0 bridgehead atoms. The lowest BCUT2D eigenvalue weighted by molar-refractivity contribution is 0.0232. The molecule has 2 nitrogen and oxygen atoms in total. The Bertz CT molecular complexity index is 108. The summed E-state index contributed by atoms with van der Waals surface area (Å²) in [6, 6.07) is 0. The van der Waals surface area contributed by atoms with E-state index in [1.54, 1.807) is 0 Å². The number of rotatable bonds is 6. The van der Waals surface area contributed by atoms with Crippen molar-refractivity contribution in [2.75, 3.05) is 19.8 Å². The summed E-state index contributed by atoms with van der Waals surface area (Å²) in [7, 11) is 0. The molecule has 12 heavy (non-hydrogen) atoms. The Morgan fingerprint density at radius 2 is 2.08 bits per heavy atom. The van der Waals surface area contributed by atoms with E-state index < -0.39 is 0 Å². The third kappa shape index (κ3) is 3.11. The molecule has 1 fully saturated rings. The zero-order valence-electron chi connectivity index (χ0n) is 7.96. The summed E-state index contributed by atoms with van der Waals surface area (Å²) in [6.45, 7) is 4.37. The van der Waals surface area contributed by atoms with Gasteiger partial charge in [0.15, 0.2) is 0 Å². The van der Waals surface area contributed by atoms with Crippen molar-refractivity contribution < 1.29 is 9.84 Å². The second kappa shape index (κ2) is 5.55. The summed E-state index contributed by atoms with van der Waals surface area (Å²) in [4.78, 5) is 0. The molecular weight excluding hydrogens is 152 g/mol. The lowest BCUT2D eigenvalue weighted by atomic mass is 9.76. The van der Waals surface area contributed by atoms with E-state index in [2.05, 4.69) is 6.92 Å². The summed E-state index contributed by atoms with van der Waals surface area (Å²) < 4.78 is 5.49. The Kier molecular flexibility index (Phi) is 4.62. The van der Waals surface area contributed by atoms with Crippen LogP contribution in [0.4, 0.5) is 0 Å². The van der Waals surface area contributed by atoms with Crippen molar-refractivity contribution in [2.24, 2.45) is 11.8 Å². The predicted molar refractivity (Wildman–Crippen MR) is 49.0 cm³/mol. The van der Waals surface area contributed by atoms with Gasteiger partial charge in [-0.2, -0.15) is 0 Å². The molecule has 2 heteroatoms. The fraction of sp³-hybridized carbons (Fsp3) is 1.00. The minimum absolute atomic E-state index is 0.367. The Labute approximate surface area is 74.9 Å². The third-order valence-electron chi connectivity index (χ3n) is 2.59. The molecule has 0 amide bonds. The van der Waals surface area contributed by atoms with Gasteiger partial charge in [0.25, 0.3) is 0 Å². The molecule has 0 aliphatic heterocycles.